The number of aromatic nitrogens is 1. The molecule has 0 saturated heterocycles. The number of ether oxygens (including phenoxy) is 1. The highest BCUT2D eigenvalue weighted by Crippen LogP contribution is 2.21. The van der Waals surface area contributed by atoms with E-state index in [2.05, 4.69) is 27.6 Å². The van der Waals surface area contributed by atoms with Gasteiger partial charge in [0.1, 0.15) is 6.61 Å². The van der Waals surface area contributed by atoms with Gasteiger partial charge in [-0.2, -0.15) is 0 Å². The number of rotatable bonds is 3. The third-order valence-corrected chi connectivity index (χ3v) is 3.04. The van der Waals surface area contributed by atoms with Crippen molar-refractivity contribution in [2.75, 3.05) is 0 Å². The first-order chi connectivity index (χ1) is 7.75. The third-order valence-electron chi connectivity index (χ3n) is 2.03. The van der Waals surface area contributed by atoms with Crippen LogP contribution in [0.3, 0.4) is 0 Å². The Labute approximate surface area is 113 Å². The number of halogens is 2. The summed E-state index contributed by atoms with van der Waals surface area (Å²) in [6.45, 7) is 0.502. The van der Waals surface area contributed by atoms with Crippen LogP contribution in [0.15, 0.2) is 42.6 Å². The predicted molar refractivity (Wildman–Crippen MR) is 72.7 cm³/mol. The molecule has 0 radical (unpaired) electrons. The molecule has 16 heavy (non-hydrogen) atoms. The van der Waals surface area contributed by atoms with Crippen molar-refractivity contribution in [2.24, 2.45) is 0 Å². The molecular weight excluding hydrogens is 336 g/mol. The van der Waals surface area contributed by atoms with Crippen molar-refractivity contribution >= 4 is 34.2 Å². The van der Waals surface area contributed by atoms with Crippen molar-refractivity contribution in [1.82, 2.24) is 4.98 Å². The molecule has 0 aliphatic rings. The smallest absolute Gasteiger partial charge is 0.171 e. The van der Waals surface area contributed by atoms with Crippen LogP contribution in [0.2, 0.25) is 5.15 Å². The lowest BCUT2D eigenvalue weighted by Crippen LogP contribution is -1.96. The SMILES string of the molecule is Clc1ncccc1OCc1ccc(I)cc1. The normalized spacial score (nSPS) is 10.1. The zero-order valence-electron chi connectivity index (χ0n) is 8.36. The molecule has 1 aromatic heterocycles. The molecule has 2 aromatic rings. The van der Waals surface area contributed by atoms with E-state index in [0.29, 0.717) is 17.5 Å². The quantitative estimate of drug-likeness (QED) is 0.621. The molecule has 0 spiro atoms. The van der Waals surface area contributed by atoms with Gasteiger partial charge in [0, 0.05) is 9.77 Å². The summed E-state index contributed by atoms with van der Waals surface area (Å²) in [5, 5.41) is 0.396. The first-order valence-corrected chi connectivity index (χ1v) is 6.19. The minimum absolute atomic E-state index is 0.396. The molecule has 0 amide bonds. The van der Waals surface area contributed by atoms with Crippen molar-refractivity contribution in [3.63, 3.8) is 0 Å². The zero-order chi connectivity index (χ0) is 11.4. The average molecular weight is 346 g/mol. The van der Waals surface area contributed by atoms with E-state index in [0.717, 1.165) is 5.56 Å². The van der Waals surface area contributed by atoms with Crippen LogP contribution in [0, 0.1) is 3.57 Å². The maximum atomic E-state index is 5.88. The fourth-order valence-corrected chi connectivity index (χ4v) is 1.75. The van der Waals surface area contributed by atoms with Gasteiger partial charge in [-0.25, -0.2) is 4.98 Å². The van der Waals surface area contributed by atoms with Crippen LogP contribution in [0.25, 0.3) is 0 Å². The summed E-state index contributed by atoms with van der Waals surface area (Å²) >= 11 is 8.15. The molecule has 0 N–H and O–H groups in total. The molecule has 0 aliphatic carbocycles. The van der Waals surface area contributed by atoms with Crippen molar-refractivity contribution in [2.45, 2.75) is 6.61 Å². The van der Waals surface area contributed by atoms with E-state index in [-0.39, 0.29) is 0 Å². The maximum Gasteiger partial charge on any atom is 0.171 e. The lowest BCUT2D eigenvalue weighted by Gasteiger charge is -2.06. The lowest BCUT2D eigenvalue weighted by atomic mass is 10.2. The van der Waals surface area contributed by atoms with Gasteiger partial charge in [0.15, 0.2) is 10.9 Å². The molecule has 0 aliphatic heterocycles. The van der Waals surface area contributed by atoms with Crippen LogP contribution in [0.4, 0.5) is 0 Å². The summed E-state index contributed by atoms with van der Waals surface area (Å²) in [6.07, 6.45) is 1.64. The van der Waals surface area contributed by atoms with Crippen LogP contribution in [-0.2, 0) is 6.61 Å². The van der Waals surface area contributed by atoms with Crippen LogP contribution in [0.5, 0.6) is 5.75 Å². The van der Waals surface area contributed by atoms with Gasteiger partial charge < -0.3 is 4.74 Å². The number of hydrogen-bond donors (Lipinski definition) is 0. The first-order valence-electron chi connectivity index (χ1n) is 4.73. The third kappa shape index (κ3) is 3.09. The van der Waals surface area contributed by atoms with E-state index in [1.807, 2.05) is 30.3 Å². The lowest BCUT2D eigenvalue weighted by molar-refractivity contribution is 0.305. The summed E-state index contributed by atoms with van der Waals surface area (Å²) in [5.74, 6) is 0.614. The molecular formula is C12H9ClINO. The Bertz CT molecular complexity index is 473. The molecule has 1 aromatic carbocycles. The monoisotopic (exact) mass is 345 g/mol. The average Bonchev–Trinajstić information content (AvgIpc) is 2.30. The summed E-state index contributed by atoms with van der Waals surface area (Å²) in [7, 11) is 0. The summed E-state index contributed by atoms with van der Waals surface area (Å²) in [5.41, 5.74) is 1.11. The van der Waals surface area contributed by atoms with Crippen LogP contribution in [0.1, 0.15) is 5.56 Å². The molecule has 0 fully saturated rings. The molecule has 2 nitrogen and oxygen atoms in total. The second-order valence-electron chi connectivity index (χ2n) is 3.21. The van der Waals surface area contributed by atoms with Gasteiger partial charge in [0.05, 0.1) is 0 Å². The Morgan fingerprint density at radius 3 is 2.62 bits per heavy atom. The Morgan fingerprint density at radius 1 is 1.19 bits per heavy atom. The van der Waals surface area contributed by atoms with Crippen LogP contribution in [-0.4, -0.2) is 4.98 Å². The highest BCUT2D eigenvalue weighted by Gasteiger charge is 2.01. The molecule has 0 saturated carbocycles. The number of hydrogen-bond acceptors (Lipinski definition) is 2. The molecule has 0 atom stereocenters. The van der Waals surface area contributed by atoms with Gasteiger partial charge in [-0.3, -0.25) is 0 Å². The number of nitrogens with zero attached hydrogens (tertiary/aromatic N) is 1. The molecule has 0 unspecified atom stereocenters. The minimum atomic E-state index is 0.396. The molecule has 0 bridgehead atoms. The van der Waals surface area contributed by atoms with E-state index < -0.39 is 0 Å². The minimum Gasteiger partial charge on any atom is -0.486 e. The fraction of sp³-hybridized carbons (Fsp3) is 0.0833. The molecule has 1 heterocycles. The Hall–Kier alpha value is -0.810. The summed E-state index contributed by atoms with van der Waals surface area (Å²) < 4.78 is 6.77. The van der Waals surface area contributed by atoms with Gasteiger partial charge >= 0.3 is 0 Å². The van der Waals surface area contributed by atoms with Crippen molar-refractivity contribution in [1.29, 1.82) is 0 Å². The van der Waals surface area contributed by atoms with Gasteiger partial charge in [0.25, 0.3) is 0 Å². The van der Waals surface area contributed by atoms with E-state index >= 15 is 0 Å². The summed E-state index contributed by atoms with van der Waals surface area (Å²) in [4.78, 5) is 3.94. The largest absolute Gasteiger partial charge is 0.486 e. The van der Waals surface area contributed by atoms with Crippen molar-refractivity contribution < 1.29 is 4.74 Å². The van der Waals surface area contributed by atoms with Crippen LogP contribution >= 0.6 is 34.2 Å². The Balaban J connectivity index is 2.02. The molecule has 4 heteroatoms. The predicted octanol–water partition coefficient (Wildman–Crippen LogP) is 3.92. The highest BCUT2D eigenvalue weighted by atomic mass is 127. The fourth-order valence-electron chi connectivity index (χ4n) is 1.22. The number of benzene rings is 1. The zero-order valence-corrected chi connectivity index (χ0v) is 11.3. The standard InChI is InChI=1S/C12H9ClINO/c13-12-11(2-1-7-15-12)16-8-9-3-5-10(14)6-4-9/h1-7H,8H2. The van der Waals surface area contributed by atoms with Gasteiger partial charge in [-0.15, -0.1) is 0 Å². The Kier molecular flexibility index (Phi) is 4.01. The van der Waals surface area contributed by atoms with Crippen molar-refractivity contribution in [3.8, 4) is 5.75 Å². The van der Waals surface area contributed by atoms with E-state index in [1.165, 1.54) is 3.57 Å². The summed E-state index contributed by atoms with van der Waals surface area (Å²) in [6, 6.07) is 11.8. The van der Waals surface area contributed by atoms with E-state index in [4.69, 9.17) is 16.3 Å². The second-order valence-corrected chi connectivity index (χ2v) is 4.81. The van der Waals surface area contributed by atoms with E-state index in [9.17, 15) is 0 Å². The molecule has 2 rings (SSSR count). The maximum absolute atomic E-state index is 5.88. The number of pyridine rings is 1. The topological polar surface area (TPSA) is 22.1 Å². The van der Waals surface area contributed by atoms with Crippen molar-refractivity contribution in [3.05, 3.63) is 56.9 Å². The van der Waals surface area contributed by atoms with Crippen LogP contribution < -0.4 is 4.74 Å². The molecule has 82 valence electrons. The Morgan fingerprint density at radius 2 is 1.94 bits per heavy atom. The highest BCUT2D eigenvalue weighted by molar-refractivity contribution is 14.1. The van der Waals surface area contributed by atoms with Gasteiger partial charge in [-0.1, -0.05) is 23.7 Å². The van der Waals surface area contributed by atoms with E-state index in [1.54, 1.807) is 12.3 Å². The first kappa shape index (κ1) is 11.7. The van der Waals surface area contributed by atoms with Gasteiger partial charge in [-0.05, 0) is 52.4 Å². The second kappa shape index (κ2) is 5.50. The van der Waals surface area contributed by atoms with Gasteiger partial charge in [0.2, 0.25) is 0 Å².